The number of ether oxygens (including phenoxy) is 2. The number of methoxy groups -OCH3 is 1. The highest BCUT2D eigenvalue weighted by atomic mass is 32.2. The Labute approximate surface area is 176 Å². The van der Waals surface area contributed by atoms with E-state index in [0.717, 1.165) is 4.31 Å². The zero-order valence-electron chi connectivity index (χ0n) is 17.3. The molecule has 0 aromatic heterocycles. The van der Waals surface area contributed by atoms with Gasteiger partial charge in [0.25, 0.3) is 5.91 Å². The van der Waals surface area contributed by atoms with E-state index in [-0.39, 0.29) is 11.5 Å². The van der Waals surface area contributed by atoms with Crippen LogP contribution in [0.25, 0.3) is 0 Å². The third-order valence-electron chi connectivity index (χ3n) is 3.88. The molecule has 0 unspecified atom stereocenters. The molecule has 0 aliphatic carbocycles. The Kier molecular flexibility index (Phi) is 8.19. The lowest BCUT2D eigenvalue weighted by molar-refractivity contribution is -0.120. The average molecular weight is 436 g/mol. The Morgan fingerprint density at radius 3 is 2.43 bits per heavy atom. The SMILES string of the molecule is CCOc1ccc(/C=N/OCC(=O)Nc2ccc(S(=O)(=O)N(C)C)cc2)cc1OC. The maximum atomic E-state index is 12.0. The normalized spacial score (nSPS) is 11.5. The van der Waals surface area contributed by atoms with Gasteiger partial charge in [0.2, 0.25) is 10.0 Å². The fraction of sp³-hybridized carbons (Fsp3) is 0.300. The van der Waals surface area contributed by atoms with E-state index < -0.39 is 15.9 Å². The van der Waals surface area contributed by atoms with Crippen LogP contribution < -0.4 is 14.8 Å². The number of amides is 1. The van der Waals surface area contributed by atoms with Crippen LogP contribution in [0.2, 0.25) is 0 Å². The Balaban J connectivity index is 1.88. The smallest absolute Gasteiger partial charge is 0.265 e. The van der Waals surface area contributed by atoms with Crippen molar-refractivity contribution in [2.75, 3.05) is 39.7 Å². The van der Waals surface area contributed by atoms with E-state index in [9.17, 15) is 13.2 Å². The van der Waals surface area contributed by atoms with Crippen molar-refractivity contribution < 1.29 is 27.5 Å². The maximum Gasteiger partial charge on any atom is 0.265 e. The van der Waals surface area contributed by atoms with Gasteiger partial charge in [-0.05, 0) is 49.4 Å². The first-order valence-electron chi connectivity index (χ1n) is 9.06. The van der Waals surface area contributed by atoms with Gasteiger partial charge in [-0.3, -0.25) is 4.79 Å². The van der Waals surface area contributed by atoms with Gasteiger partial charge in [0.05, 0.1) is 24.8 Å². The van der Waals surface area contributed by atoms with Crippen molar-refractivity contribution in [2.45, 2.75) is 11.8 Å². The topological polar surface area (TPSA) is 107 Å². The third-order valence-corrected chi connectivity index (χ3v) is 5.71. The standard InChI is InChI=1S/C20H25N3O6S/c1-5-28-18-11-6-15(12-19(18)27-4)13-21-29-14-20(24)22-16-7-9-17(10-8-16)30(25,26)23(2)3/h6-13H,5,14H2,1-4H3,(H,22,24)/b21-13+. The largest absolute Gasteiger partial charge is 0.493 e. The average Bonchev–Trinajstić information content (AvgIpc) is 2.72. The Morgan fingerprint density at radius 2 is 1.83 bits per heavy atom. The number of sulfonamides is 1. The molecular weight excluding hydrogens is 410 g/mol. The van der Waals surface area contributed by atoms with Gasteiger partial charge in [-0.2, -0.15) is 0 Å². The summed E-state index contributed by atoms with van der Waals surface area (Å²) in [5.41, 5.74) is 1.16. The van der Waals surface area contributed by atoms with Gasteiger partial charge < -0.3 is 19.6 Å². The molecule has 0 saturated carbocycles. The molecule has 9 nitrogen and oxygen atoms in total. The number of carbonyl (C=O) groups is 1. The number of hydrogen-bond acceptors (Lipinski definition) is 7. The first-order valence-corrected chi connectivity index (χ1v) is 10.5. The van der Waals surface area contributed by atoms with Gasteiger partial charge in [0, 0.05) is 25.3 Å². The molecule has 0 atom stereocenters. The number of carbonyl (C=O) groups excluding carboxylic acids is 1. The fourth-order valence-electron chi connectivity index (χ4n) is 2.35. The minimum Gasteiger partial charge on any atom is -0.493 e. The van der Waals surface area contributed by atoms with Crippen LogP contribution in [-0.4, -0.2) is 59.3 Å². The summed E-state index contributed by atoms with van der Waals surface area (Å²) in [6.07, 6.45) is 1.45. The molecule has 0 saturated heterocycles. The summed E-state index contributed by atoms with van der Waals surface area (Å²) in [6.45, 7) is 2.10. The van der Waals surface area contributed by atoms with E-state index in [0.29, 0.717) is 29.4 Å². The van der Waals surface area contributed by atoms with Gasteiger partial charge in [-0.15, -0.1) is 0 Å². The summed E-state index contributed by atoms with van der Waals surface area (Å²) in [6, 6.07) is 11.1. The van der Waals surface area contributed by atoms with Crippen molar-refractivity contribution in [1.82, 2.24) is 4.31 Å². The van der Waals surface area contributed by atoms with Crippen LogP contribution in [-0.2, 0) is 19.7 Å². The van der Waals surface area contributed by atoms with Gasteiger partial charge in [-0.25, -0.2) is 12.7 Å². The second-order valence-corrected chi connectivity index (χ2v) is 8.36. The Morgan fingerprint density at radius 1 is 1.13 bits per heavy atom. The minimum atomic E-state index is -3.52. The highest BCUT2D eigenvalue weighted by Gasteiger charge is 2.16. The molecule has 2 aromatic carbocycles. The van der Waals surface area contributed by atoms with E-state index in [1.54, 1.807) is 25.3 Å². The van der Waals surface area contributed by atoms with E-state index in [2.05, 4.69) is 10.5 Å². The molecule has 0 bridgehead atoms. The van der Waals surface area contributed by atoms with E-state index in [1.807, 2.05) is 6.92 Å². The van der Waals surface area contributed by atoms with Crippen LogP contribution in [0.15, 0.2) is 52.5 Å². The molecule has 0 aliphatic rings. The first kappa shape index (κ1) is 23.2. The van der Waals surface area contributed by atoms with Gasteiger partial charge in [0.1, 0.15) is 0 Å². The molecule has 1 N–H and O–H groups in total. The van der Waals surface area contributed by atoms with Crippen molar-refractivity contribution in [3.8, 4) is 11.5 Å². The van der Waals surface area contributed by atoms with Crippen molar-refractivity contribution in [3.63, 3.8) is 0 Å². The number of benzene rings is 2. The second kappa shape index (κ2) is 10.6. The zero-order valence-corrected chi connectivity index (χ0v) is 18.1. The lowest BCUT2D eigenvalue weighted by atomic mass is 10.2. The number of oxime groups is 1. The second-order valence-electron chi connectivity index (χ2n) is 6.21. The Hall–Kier alpha value is -3.11. The number of nitrogens with one attached hydrogen (secondary N) is 1. The summed E-state index contributed by atoms with van der Waals surface area (Å²) in [7, 11) is 0.928. The summed E-state index contributed by atoms with van der Waals surface area (Å²) in [4.78, 5) is 17.1. The lowest BCUT2D eigenvalue weighted by Gasteiger charge is -2.11. The van der Waals surface area contributed by atoms with Gasteiger partial charge >= 0.3 is 0 Å². The van der Waals surface area contributed by atoms with Crippen molar-refractivity contribution in [2.24, 2.45) is 5.16 Å². The summed E-state index contributed by atoms with van der Waals surface area (Å²) >= 11 is 0. The van der Waals surface area contributed by atoms with Crippen LogP contribution in [0.5, 0.6) is 11.5 Å². The predicted octanol–water partition coefficient (Wildman–Crippen LogP) is 2.33. The summed E-state index contributed by atoms with van der Waals surface area (Å²) < 4.78 is 35.9. The first-order chi connectivity index (χ1) is 14.3. The molecule has 0 fully saturated rings. The lowest BCUT2D eigenvalue weighted by Crippen LogP contribution is -2.22. The molecule has 162 valence electrons. The highest BCUT2D eigenvalue weighted by molar-refractivity contribution is 7.89. The molecule has 0 aliphatic heterocycles. The van der Waals surface area contributed by atoms with Crippen LogP contribution in [0.4, 0.5) is 5.69 Å². The molecular formula is C20H25N3O6S. The molecule has 1 amide bonds. The predicted molar refractivity (Wildman–Crippen MR) is 114 cm³/mol. The van der Waals surface area contributed by atoms with E-state index in [1.165, 1.54) is 44.6 Å². The third kappa shape index (κ3) is 6.19. The van der Waals surface area contributed by atoms with E-state index >= 15 is 0 Å². The number of rotatable bonds is 10. The molecule has 30 heavy (non-hydrogen) atoms. The summed E-state index contributed by atoms with van der Waals surface area (Å²) in [5.74, 6) is 0.764. The molecule has 10 heteroatoms. The molecule has 2 aromatic rings. The van der Waals surface area contributed by atoms with Crippen LogP contribution in [0.1, 0.15) is 12.5 Å². The zero-order chi connectivity index (χ0) is 22.1. The van der Waals surface area contributed by atoms with E-state index in [4.69, 9.17) is 14.3 Å². The monoisotopic (exact) mass is 435 g/mol. The van der Waals surface area contributed by atoms with Crippen LogP contribution in [0, 0.1) is 0 Å². The van der Waals surface area contributed by atoms with Crippen molar-refractivity contribution in [3.05, 3.63) is 48.0 Å². The van der Waals surface area contributed by atoms with Crippen molar-refractivity contribution in [1.29, 1.82) is 0 Å². The maximum absolute atomic E-state index is 12.0. The summed E-state index contributed by atoms with van der Waals surface area (Å²) in [5, 5.41) is 6.38. The van der Waals surface area contributed by atoms with Gasteiger partial charge in [-0.1, -0.05) is 5.16 Å². The van der Waals surface area contributed by atoms with Crippen molar-refractivity contribution >= 4 is 27.8 Å². The Bertz CT molecular complexity index is 988. The molecule has 0 radical (unpaired) electrons. The molecule has 0 heterocycles. The molecule has 2 rings (SSSR count). The minimum absolute atomic E-state index is 0.136. The quantitative estimate of drug-likeness (QED) is 0.453. The highest BCUT2D eigenvalue weighted by Crippen LogP contribution is 2.27. The number of hydrogen-bond donors (Lipinski definition) is 1. The molecule has 0 spiro atoms. The number of anilines is 1. The number of nitrogens with zero attached hydrogens (tertiary/aromatic N) is 2. The van der Waals surface area contributed by atoms with Crippen LogP contribution in [0.3, 0.4) is 0 Å². The van der Waals surface area contributed by atoms with Gasteiger partial charge in [0.15, 0.2) is 18.1 Å². The fourth-order valence-corrected chi connectivity index (χ4v) is 3.25. The van der Waals surface area contributed by atoms with Crippen LogP contribution >= 0.6 is 0 Å².